The van der Waals surface area contributed by atoms with E-state index >= 15 is 0 Å². The number of hydrazine groups is 1. The SMILES string of the molecule is CCc1ccc(NC(=O)C(=O)NNC(=O)[C@H](C)Oc2ccc(Cl)cc2Cl)cc1. The highest BCUT2D eigenvalue weighted by atomic mass is 35.5. The summed E-state index contributed by atoms with van der Waals surface area (Å²) in [6.45, 7) is 3.47. The summed E-state index contributed by atoms with van der Waals surface area (Å²) in [5.41, 5.74) is 5.73. The molecule has 0 aliphatic heterocycles. The summed E-state index contributed by atoms with van der Waals surface area (Å²) in [7, 11) is 0. The number of nitrogens with one attached hydrogen (secondary N) is 3. The first-order valence-electron chi connectivity index (χ1n) is 8.42. The topological polar surface area (TPSA) is 96.5 Å². The molecule has 0 aliphatic rings. The summed E-state index contributed by atoms with van der Waals surface area (Å²) in [6.07, 6.45) is -0.119. The molecule has 0 radical (unpaired) electrons. The summed E-state index contributed by atoms with van der Waals surface area (Å²) >= 11 is 11.8. The quantitative estimate of drug-likeness (QED) is 0.508. The first kappa shape index (κ1) is 21.5. The molecule has 0 aromatic heterocycles. The van der Waals surface area contributed by atoms with Crippen LogP contribution < -0.4 is 20.9 Å². The number of benzene rings is 2. The maximum absolute atomic E-state index is 12.0. The van der Waals surface area contributed by atoms with E-state index in [0.717, 1.165) is 12.0 Å². The van der Waals surface area contributed by atoms with Gasteiger partial charge in [-0.25, -0.2) is 0 Å². The van der Waals surface area contributed by atoms with Gasteiger partial charge in [0.2, 0.25) is 0 Å². The molecule has 148 valence electrons. The Hall–Kier alpha value is -2.77. The maximum atomic E-state index is 12.0. The van der Waals surface area contributed by atoms with Crippen LogP contribution in [-0.4, -0.2) is 23.8 Å². The second-order valence-corrected chi connectivity index (χ2v) is 6.63. The zero-order chi connectivity index (χ0) is 20.7. The van der Waals surface area contributed by atoms with Crippen molar-refractivity contribution in [1.29, 1.82) is 0 Å². The van der Waals surface area contributed by atoms with Gasteiger partial charge in [-0.2, -0.15) is 0 Å². The lowest BCUT2D eigenvalue weighted by atomic mass is 10.1. The second kappa shape index (κ2) is 9.96. The highest BCUT2D eigenvalue weighted by Gasteiger charge is 2.19. The number of ether oxygens (including phenoxy) is 1. The average Bonchev–Trinajstić information content (AvgIpc) is 2.68. The zero-order valence-corrected chi connectivity index (χ0v) is 16.7. The van der Waals surface area contributed by atoms with Gasteiger partial charge in [0.05, 0.1) is 5.02 Å². The molecule has 0 aliphatic carbocycles. The van der Waals surface area contributed by atoms with Crippen LogP contribution in [0.1, 0.15) is 19.4 Å². The fourth-order valence-corrected chi connectivity index (χ4v) is 2.56. The molecule has 2 aromatic carbocycles. The molecule has 0 unspecified atom stereocenters. The molecule has 3 amide bonds. The predicted octanol–water partition coefficient (Wildman–Crippen LogP) is 3.11. The van der Waals surface area contributed by atoms with Crippen LogP contribution in [0.4, 0.5) is 5.69 Å². The van der Waals surface area contributed by atoms with Crippen molar-refractivity contribution in [2.24, 2.45) is 0 Å². The van der Waals surface area contributed by atoms with Crippen LogP contribution in [0, 0.1) is 0 Å². The predicted molar refractivity (Wildman–Crippen MR) is 107 cm³/mol. The molecular weight excluding hydrogens is 405 g/mol. The Bertz CT molecular complexity index is 872. The first-order valence-corrected chi connectivity index (χ1v) is 9.17. The number of aryl methyl sites for hydroxylation is 1. The number of anilines is 1. The maximum Gasteiger partial charge on any atom is 0.328 e. The smallest absolute Gasteiger partial charge is 0.328 e. The lowest BCUT2D eigenvalue weighted by Crippen LogP contribution is -2.50. The van der Waals surface area contributed by atoms with Crippen LogP contribution in [0.5, 0.6) is 5.75 Å². The van der Waals surface area contributed by atoms with Crippen LogP contribution in [0.25, 0.3) is 0 Å². The Morgan fingerprint density at radius 3 is 2.29 bits per heavy atom. The third-order valence-electron chi connectivity index (χ3n) is 3.69. The molecule has 28 heavy (non-hydrogen) atoms. The minimum absolute atomic E-state index is 0.240. The highest BCUT2D eigenvalue weighted by Crippen LogP contribution is 2.28. The normalized spacial score (nSPS) is 11.3. The summed E-state index contributed by atoms with van der Waals surface area (Å²) in [6, 6.07) is 11.6. The number of halogens is 2. The van der Waals surface area contributed by atoms with Crippen LogP contribution in [0.15, 0.2) is 42.5 Å². The van der Waals surface area contributed by atoms with E-state index in [4.69, 9.17) is 27.9 Å². The van der Waals surface area contributed by atoms with Gasteiger partial charge in [0.15, 0.2) is 6.10 Å². The highest BCUT2D eigenvalue weighted by molar-refractivity contribution is 6.39. The molecule has 0 heterocycles. The van der Waals surface area contributed by atoms with Crippen molar-refractivity contribution in [2.45, 2.75) is 26.4 Å². The molecular formula is C19H19Cl2N3O4. The van der Waals surface area contributed by atoms with Gasteiger partial charge in [-0.3, -0.25) is 25.2 Å². The van der Waals surface area contributed by atoms with E-state index in [-0.39, 0.29) is 10.8 Å². The molecule has 0 saturated carbocycles. The van der Waals surface area contributed by atoms with Gasteiger partial charge in [-0.05, 0) is 49.2 Å². The molecule has 2 aromatic rings. The third-order valence-corrected chi connectivity index (χ3v) is 4.22. The van der Waals surface area contributed by atoms with Crippen molar-refractivity contribution in [3.8, 4) is 5.75 Å². The molecule has 2 rings (SSSR count). The van der Waals surface area contributed by atoms with E-state index in [1.54, 1.807) is 18.2 Å². The van der Waals surface area contributed by atoms with Crippen LogP contribution in [-0.2, 0) is 20.8 Å². The lowest BCUT2D eigenvalue weighted by molar-refractivity contribution is -0.139. The molecule has 9 heteroatoms. The number of carbonyl (C=O) groups is 3. The van der Waals surface area contributed by atoms with E-state index in [1.807, 2.05) is 24.5 Å². The van der Waals surface area contributed by atoms with Gasteiger partial charge in [0.25, 0.3) is 5.91 Å². The van der Waals surface area contributed by atoms with Crippen molar-refractivity contribution in [3.63, 3.8) is 0 Å². The number of amides is 3. The Morgan fingerprint density at radius 2 is 1.68 bits per heavy atom. The average molecular weight is 424 g/mol. The molecule has 3 N–H and O–H groups in total. The standard InChI is InChI=1S/C19H19Cl2N3O4/c1-3-12-4-7-14(8-5-12)22-18(26)19(27)24-23-17(25)11(2)28-16-9-6-13(20)10-15(16)21/h4-11H,3H2,1-2H3,(H,22,26)(H,23,25)(H,24,27)/t11-/m0/s1. The Kier molecular flexibility index (Phi) is 7.66. The molecule has 0 spiro atoms. The van der Waals surface area contributed by atoms with Gasteiger partial charge >= 0.3 is 11.8 Å². The van der Waals surface area contributed by atoms with Gasteiger partial charge in [0, 0.05) is 10.7 Å². The number of carbonyl (C=O) groups excluding carboxylic acids is 3. The van der Waals surface area contributed by atoms with Gasteiger partial charge in [-0.1, -0.05) is 42.3 Å². The summed E-state index contributed by atoms with van der Waals surface area (Å²) in [5.74, 6) is -2.35. The Labute approximate surface area is 172 Å². The van der Waals surface area contributed by atoms with Crippen LogP contribution >= 0.6 is 23.2 Å². The molecule has 0 bridgehead atoms. The minimum Gasteiger partial charge on any atom is -0.479 e. The van der Waals surface area contributed by atoms with Crippen molar-refractivity contribution in [3.05, 3.63) is 58.1 Å². The van der Waals surface area contributed by atoms with Gasteiger partial charge in [0.1, 0.15) is 5.75 Å². The third kappa shape index (κ3) is 6.14. The van der Waals surface area contributed by atoms with Crippen molar-refractivity contribution in [1.82, 2.24) is 10.9 Å². The van der Waals surface area contributed by atoms with Crippen molar-refractivity contribution < 1.29 is 19.1 Å². The number of hydrogen-bond acceptors (Lipinski definition) is 4. The first-order chi connectivity index (χ1) is 13.3. The summed E-state index contributed by atoms with van der Waals surface area (Å²) in [5, 5.41) is 3.10. The minimum atomic E-state index is -1.02. The largest absolute Gasteiger partial charge is 0.479 e. The molecule has 1 atom stereocenters. The van der Waals surface area contributed by atoms with Gasteiger partial charge < -0.3 is 10.1 Å². The van der Waals surface area contributed by atoms with Crippen molar-refractivity contribution in [2.75, 3.05) is 5.32 Å². The monoisotopic (exact) mass is 423 g/mol. The van der Waals surface area contributed by atoms with E-state index in [2.05, 4.69) is 10.7 Å². The Balaban J connectivity index is 1.83. The molecule has 7 nitrogen and oxygen atoms in total. The van der Waals surface area contributed by atoms with Crippen LogP contribution in [0.3, 0.4) is 0 Å². The van der Waals surface area contributed by atoms with Crippen molar-refractivity contribution >= 4 is 46.6 Å². The van der Waals surface area contributed by atoms with Crippen LogP contribution in [0.2, 0.25) is 10.0 Å². The summed E-state index contributed by atoms with van der Waals surface area (Å²) in [4.78, 5) is 35.7. The van der Waals surface area contributed by atoms with E-state index in [0.29, 0.717) is 10.7 Å². The molecule has 0 saturated heterocycles. The zero-order valence-electron chi connectivity index (χ0n) is 15.2. The van der Waals surface area contributed by atoms with E-state index in [9.17, 15) is 14.4 Å². The Morgan fingerprint density at radius 1 is 1.00 bits per heavy atom. The second-order valence-electron chi connectivity index (χ2n) is 5.78. The fraction of sp³-hybridized carbons (Fsp3) is 0.211. The lowest BCUT2D eigenvalue weighted by Gasteiger charge is -2.16. The molecule has 0 fully saturated rings. The number of rotatable bonds is 5. The van der Waals surface area contributed by atoms with E-state index < -0.39 is 23.8 Å². The number of hydrogen-bond donors (Lipinski definition) is 3. The summed E-state index contributed by atoms with van der Waals surface area (Å²) < 4.78 is 5.42. The van der Waals surface area contributed by atoms with E-state index in [1.165, 1.54) is 19.1 Å². The van der Waals surface area contributed by atoms with Gasteiger partial charge in [-0.15, -0.1) is 0 Å². The fourth-order valence-electron chi connectivity index (χ4n) is 2.10.